The van der Waals surface area contributed by atoms with Crippen LogP contribution in [0.15, 0.2) is 54.6 Å². The predicted octanol–water partition coefficient (Wildman–Crippen LogP) is 3.21. The monoisotopic (exact) mass is 345 g/mol. The van der Waals surface area contributed by atoms with Crippen LogP contribution in [0.5, 0.6) is 5.75 Å². The minimum atomic E-state index is -0.100. The summed E-state index contributed by atoms with van der Waals surface area (Å²) in [5, 5.41) is 3.44. The molecular formula is C18H20ClN3O2. The summed E-state index contributed by atoms with van der Waals surface area (Å²) in [6.07, 6.45) is 0. The second kappa shape index (κ2) is 7.93. The largest absolute Gasteiger partial charge is 0.473 e. The lowest BCUT2D eigenvalue weighted by atomic mass is 10.2. The molecule has 2 aromatic rings. The maximum atomic E-state index is 12.2. The zero-order chi connectivity index (χ0) is 16.8. The third kappa shape index (κ3) is 4.32. The molecule has 1 saturated heterocycles. The van der Waals surface area contributed by atoms with Gasteiger partial charge in [-0.1, -0.05) is 29.8 Å². The minimum Gasteiger partial charge on any atom is -0.473 e. The van der Waals surface area contributed by atoms with Crippen molar-refractivity contribution in [2.45, 2.75) is 0 Å². The van der Waals surface area contributed by atoms with Crippen molar-refractivity contribution >= 4 is 23.3 Å². The van der Waals surface area contributed by atoms with Gasteiger partial charge in [-0.2, -0.15) is 0 Å². The Bertz CT molecular complexity index is 656. The number of benzene rings is 2. The number of carbonyl (C=O) groups excluding carboxylic acids is 1. The van der Waals surface area contributed by atoms with Crippen molar-refractivity contribution in [1.29, 1.82) is 0 Å². The van der Waals surface area contributed by atoms with Crippen molar-refractivity contribution in [3.63, 3.8) is 0 Å². The Kier molecular flexibility index (Phi) is 5.43. The van der Waals surface area contributed by atoms with E-state index in [1.807, 2.05) is 23.1 Å². The number of nitrogens with zero attached hydrogens (tertiary/aromatic N) is 2. The van der Waals surface area contributed by atoms with E-state index in [2.05, 4.69) is 22.3 Å². The Hall–Kier alpha value is -2.40. The lowest BCUT2D eigenvalue weighted by molar-refractivity contribution is 0.181. The fourth-order valence-corrected chi connectivity index (χ4v) is 2.76. The van der Waals surface area contributed by atoms with Gasteiger partial charge in [0.1, 0.15) is 5.75 Å². The minimum absolute atomic E-state index is 0.100. The second-order valence-corrected chi connectivity index (χ2v) is 5.97. The fourth-order valence-electron chi connectivity index (χ4n) is 2.63. The van der Waals surface area contributed by atoms with Gasteiger partial charge in [-0.15, -0.1) is 0 Å². The molecule has 0 aliphatic carbocycles. The third-order valence-electron chi connectivity index (χ3n) is 3.96. The van der Waals surface area contributed by atoms with Crippen molar-refractivity contribution in [3.05, 3.63) is 59.6 Å². The molecule has 0 bridgehead atoms. The van der Waals surface area contributed by atoms with Gasteiger partial charge in [0.25, 0.3) is 0 Å². The van der Waals surface area contributed by atoms with Crippen LogP contribution in [0.1, 0.15) is 0 Å². The van der Waals surface area contributed by atoms with Crippen molar-refractivity contribution in [1.82, 2.24) is 10.2 Å². The van der Waals surface area contributed by atoms with E-state index in [0.29, 0.717) is 23.9 Å². The maximum absolute atomic E-state index is 12.2. The van der Waals surface area contributed by atoms with Crippen LogP contribution in [0.3, 0.4) is 0 Å². The number of hydrogen-bond acceptors (Lipinski definition) is 3. The number of amides is 2. The molecule has 1 heterocycles. The van der Waals surface area contributed by atoms with Gasteiger partial charge in [0, 0.05) is 36.9 Å². The van der Waals surface area contributed by atoms with Gasteiger partial charge < -0.3 is 19.9 Å². The number of urea groups is 1. The number of anilines is 1. The number of hydrogen-bond donors (Lipinski definition) is 1. The van der Waals surface area contributed by atoms with E-state index in [1.54, 1.807) is 24.3 Å². The van der Waals surface area contributed by atoms with Gasteiger partial charge in [-0.3, -0.25) is 0 Å². The number of halogens is 1. The molecule has 0 saturated carbocycles. The van der Waals surface area contributed by atoms with Crippen LogP contribution in [0.25, 0.3) is 0 Å². The Morgan fingerprint density at radius 3 is 2.33 bits per heavy atom. The smallest absolute Gasteiger partial charge is 0.320 e. The molecule has 126 valence electrons. The second-order valence-electron chi connectivity index (χ2n) is 5.53. The van der Waals surface area contributed by atoms with Crippen LogP contribution in [-0.4, -0.2) is 43.8 Å². The van der Waals surface area contributed by atoms with Crippen LogP contribution in [-0.2, 0) is 0 Å². The lowest BCUT2D eigenvalue weighted by Gasteiger charge is -2.36. The van der Waals surface area contributed by atoms with E-state index in [-0.39, 0.29) is 12.8 Å². The van der Waals surface area contributed by atoms with Gasteiger partial charge in [-0.05, 0) is 36.4 Å². The van der Waals surface area contributed by atoms with Crippen molar-refractivity contribution in [2.75, 3.05) is 37.8 Å². The Labute approximate surface area is 146 Å². The standard InChI is InChI=1S/C18H20ClN3O2/c19-15-6-8-17(9-7-15)24-14-20-18(23)22-12-10-21(11-13-22)16-4-2-1-3-5-16/h1-9H,10-14H2,(H,20,23). The summed E-state index contributed by atoms with van der Waals surface area (Å²) in [6, 6.07) is 17.2. The number of carbonyl (C=O) groups is 1. The topological polar surface area (TPSA) is 44.8 Å². The van der Waals surface area contributed by atoms with Crippen LogP contribution in [0.4, 0.5) is 10.5 Å². The van der Waals surface area contributed by atoms with Crippen molar-refractivity contribution < 1.29 is 9.53 Å². The average molecular weight is 346 g/mol. The maximum Gasteiger partial charge on any atom is 0.320 e. The molecule has 0 atom stereocenters. The first-order chi connectivity index (χ1) is 11.7. The average Bonchev–Trinajstić information content (AvgIpc) is 2.64. The molecule has 24 heavy (non-hydrogen) atoms. The molecule has 0 unspecified atom stereocenters. The number of para-hydroxylation sites is 1. The van der Waals surface area contributed by atoms with Gasteiger partial charge in [0.15, 0.2) is 6.73 Å². The first-order valence-electron chi connectivity index (χ1n) is 7.93. The summed E-state index contributed by atoms with van der Waals surface area (Å²) in [5.41, 5.74) is 1.20. The Balaban J connectivity index is 1.41. The summed E-state index contributed by atoms with van der Waals surface area (Å²) >= 11 is 5.82. The summed E-state index contributed by atoms with van der Waals surface area (Å²) in [4.78, 5) is 16.3. The SMILES string of the molecule is O=C(NCOc1ccc(Cl)cc1)N1CCN(c2ccccc2)CC1. The molecule has 6 heteroatoms. The van der Waals surface area contributed by atoms with Crippen molar-refractivity contribution in [3.8, 4) is 5.75 Å². The fraction of sp³-hybridized carbons (Fsp3) is 0.278. The number of rotatable bonds is 4. The van der Waals surface area contributed by atoms with Gasteiger partial charge in [0.2, 0.25) is 0 Å². The highest BCUT2D eigenvalue weighted by Crippen LogP contribution is 2.16. The van der Waals surface area contributed by atoms with E-state index in [0.717, 1.165) is 13.1 Å². The predicted molar refractivity (Wildman–Crippen MR) is 95.7 cm³/mol. The van der Waals surface area contributed by atoms with E-state index in [4.69, 9.17) is 16.3 Å². The highest BCUT2D eigenvalue weighted by atomic mass is 35.5. The van der Waals surface area contributed by atoms with Crippen LogP contribution < -0.4 is 15.0 Å². The number of piperazine rings is 1. The normalized spacial score (nSPS) is 14.4. The molecule has 2 amide bonds. The molecule has 3 rings (SSSR count). The first-order valence-corrected chi connectivity index (χ1v) is 8.31. The van der Waals surface area contributed by atoms with E-state index < -0.39 is 0 Å². The molecule has 0 radical (unpaired) electrons. The molecule has 1 fully saturated rings. The van der Waals surface area contributed by atoms with Crippen molar-refractivity contribution in [2.24, 2.45) is 0 Å². The number of nitrogens with one attached hydrogen (secondary N) is 1. The zero-order valence-corrected chi connectivity index (χ0v) is 14.1. The summed E-state index contributed by atoms with van der Waals surface area (Å²) in [5.74, 6) is 0.675. The van der Waals surface area contributed by atoms with Gasteiger partial charge in [-0.25, -0.2) is 4.79 Å². The molecule has 1 aliphatic rings. The Morgan fingerprint density at radius 1 is 1.00 bits per heavy atom. The summed E-state index contributed by atoms with van der Waals surface area (Å²) in [7, 11) is 0. The van der Waals surface area contributed by atoms with E-state index >= 15 is 0 Å². The summed E-state index contributed by atoms with van der Waals surface area (Å²) < 4.78 is 5.49. The number of ether oxygens (including phenoxy) is 1. The zero-order valence-electron chi connectivity index (χ0n) is 13.3. The van der Waals surface area contributed by atoms with Crippen LogP contribution in [0.2, 0.25) is 5.02 Å². The van der Waals surface area contributed by atoms with Crippen LogP contribution >= 0.6 is 11.6 Å². The highest BCUT2D eigenvalue weighted by molar-refractivity contribution is 6.30. The molecule has 1 aliphatic heterocycles. The summed E-state index contributed by atoms with van der Waals surface area (Å²) in [6.45, 7) is 3.19. The van der Waals surface area contributed by atoms with E-state index in [9.17, 15) is 4.79 Å². The highest BCUT2D eigenvalue weighted by Gasteiger charge is 2.20. The lowest BCUT2D eigenvalue weighted by Crippen LogP contribution is -2.52. The molecule has 0 aromatic heterocycles. The van der Waals surface area contributed by atoms with Crippen LogP contribution in [0, 0.1) is 0 Å². The first kappa shape index (κ1) is 16.5. The molecule has 5 nitrogen and oxygen atoms in total. The molecular weight excluding hydrogens is 326 g/mol. The van der Waals surface area contributed by atoms with E-state index in [1.165, 1.54) is 5.69 Å². The quantitative estimate of drug-likeness (QED) is 0.865. The third-order valence-corrected chi connectivity index (χ3v) is 4.22. The van der Waals surface area contributed by atoms with Gasteiger partial charge >= 0.3 is 6.03 Å². The van der Waals surface area contributed by atoms with Gasteiger partial charge in [0.05, 0.1) is 0 Å². The molecule has 1 N–H and O–H groups in total. The molecule has 2 aromatic carbocycles. The molecule has 0 spiro atoms. The Morgan fingerprint density at radius 2 is 1.67 bits per heavy atom.